The van der Waals surface area contributed by atoms with Gasteiger partial charge in [0.15, 0.2) is 11.5 Å². The molecule has 2 N–H and O–H groups in total. The summed E-state index contributed by atoms with van der Waals surface area (Å²) in [6.45, 7) is 9.15. The lowest BCUT2D eigenvalue weighted by Gasteiger charge is -2.11. The van der Waals surface area contributed by atoms with E-state index < -0.39 is 0 Å². The Kier molecular flexibility index (Phi) is 4.22. The van der Waals surface area contributed by atoms with E-state index in [2.05, 4.69) is 14.8 Å². The number of aromatic nitrogens is 4. The average molecular weight is 375 g/mol. The highest BCUT2D eigenvalue weighted by Gasteiger charge is 2.19. The van der Waals surface area contributed by atoms with Crippen molar-refractivity contribution < 1.29 is 0 Å². The molecule has 0 radical (unpaired) electrons. The number of nitrogen functional groups attached to an aromatic ring is 1. The zero-order valence-electron chi connectivity index (χ0n) is 14.5. The lowest BCUT2D eigenvalue weighted by atomic mass is 10.2. The number of nitrogens with two attached hydrogens (primary N) is 1. The second-order valence-electron chi connectivity index (χ2n) is 6.05. The molecule has 0 unspecified atom stereocenters. The predicted molar refractivity (Wildman–Crippen MR) is 107 cm³/mol. The zero-order chi connectivity index (χ0) is 19.0. The van der Waals surface area contributed by atoms with Gasteiger partial charge in [-0.15, -0.1) is 11.6 Å². The van der Waals surface area contributed by atoms with Crippen LogP contribution in [0.25, 0.3) is 33.1 Å². The van der Waals surface area contributed by atoms with Crippen molar-refractivity contribution in [2.45, 2.75) is 12.8 Å². The van der Waals surface area contributed by atoms with Gasteiger partial charge in [0.05, 0.1) is 17.7 Å². The van der Waals surface area contributed by atoms with Crippen LogP contribution in [0.5, 0.6) is 0 Å². The van der Waals surface area contributed by atoms with E-state index in [1.165, 1.54) is 0 Å². The fourth-order valence-corrected chi connectivity index (χ4v) is 3.14. The molecule has 0 amide bonds. The van der Waals surface area contributed by atoms with Gasteiger partial charge in [0.1, 0.15) is 5.82 Å². The minimum atomic E-state index is 0.383. The molecule has 0 spiro atoms. The number of fused-ring (bicyclic) bond motifs is 1. The van der Waals surface area contributed by atoms with Gasteiger partial charge in [0.2, 0.25) is 5.69 Å². The molecule has 0 aliphatic carbocycles. The van der Waals surface area contributed by atoms with Crippen LogP contribution in [0, 0.1) is 13.5 Å². The van der Waals surface area contributed by atoms with Crippen LogP contribution in [0.2, 0.25) is 0 Å². The van der Waals surface area contributed by atoms with Gasteiger partial charge in [-0.05, 0) is 42.8 Å². The number of halogens is 1. The van der Waals surface area contributed by atoms with Crippen molar-refractivity contribution in [3.8, 4) is 17.1 Å². The van der Waals surface area contributed by atoms with E-state index in [-0.39, 0.29) is 0 Å². The Morgan fingerprint density at radius 3 is 2.63 bits per heavy atom. The highest BCUT2D eigenvalue weighted by atomic mass is 35.5. The fraction of sp³-hybridized carbons (Fsp3) is 0.100. The Morgan fingerprint density at radius 2 is 1.96 bits per heavy atom. The molecule has 132 valence electrons. The Balaban J connectivity index is 2.06. The Labute approximate surface area is 161 Å². The van der Waals surface area contributed by atoms with Crippen molar-refractivity contribution in [3.05, 3.63) is 71.3 Å². The van der Waals surface area contributed by atoms with Crippen molar-refractivity contribution >= 4 is 34.3 Å². The number of hydrogen-bond donors (Lipinski definition) is 1. The van der Waals surface area contributed by atoms with Crippen LogP contribution in [0.1, 0.15) is 11.3 Å². The summed E-state index contributed by atoms with van der Waals surface area (Å²) in [4.78, 5) is 17.1. The molecule has 0 atom stereocenters. The quantitative estimate of drug-likeness (QED) is 0.418. The Morgan fingerprint density at radius 1 is 1.19 bits per heavy atom. The molecular weight excluding hydrogens is 360 g/mol. The summed E-state index contributed by atoms with van der Waals surface area (Å²) in [6, 6.07) is 13.3. The summed E-state index contributed by atoms with van der Waals surface area (Å²) in [6.07, 6.45) is 1.64. The first kappa shape index (κ1) is 17.0. The van der Waals surface area contributed by atoms with E-state index in [1.54, 1.807) is 12.3 Å². The van der Waals surface area contributed by atoms with Gasteiger partial charge in [0.25, 0.3) is 0 Å². The second kappa shape index (κ2) is 6.71. The predicted octanol–water partition coefficient (Wildman–Crippen LogP) is 4.66. The van der Waals surface area contributed by atoms with E-state index in [4.69, 9.17) is 28.9 Å². The second-order valence-corrected chi connectivity index (χ2v) is 6.32. The van der Waals surface area contributed by atoms with Crippen molar-refractivity contribution in [2.24, 2.45) is 0 Å². The lowest BCUT2D eigenvalue weighted by molar-refractivity contribution is 1.06. The first-order valence-electron chi connectivity index (χ1n) is 8.26. The van der Waals surface area contributed by atoms with Crippen LogP contribution in [0.3, 0.4) is 0 Å². The van der Waals surface area contributed by atoms with Crippen LogP contribution in [0.4, 0.5) is 11.5 Å². The number of aryl methyl sites for hydroxylation is 1. The maximum atomic E-state index is 7.34. The third-order valence-electron chi connectivity index (χ3n) is 4.35. The zero-order valence-corrected chi connectivity index (χ0v) is 15.3. The van der Waals surface area contributed by atoms with Crippen molar-refractivity contribution in [1.29, 1.82) is 0 Å². The molecule has 1 aromatic carbocycles. The highest BCUT2D eigenvalue weighted by Crippen LogP contribution is 2.32. The van der Waals surface area contributed by atoms with Crippen molar-refractivity contribution in [3.63, 3.8) is 0 Å². The minimum absolute atomic E-state index is 0.383. The van der Waals surface area contributed by atoms with Gasteiger partial charge in [0, 0.05) is 23.5 Å². The lowest BCUT2D eigenvalue weighted by Crippen LogP contribution is -2.02. The molecule has 0 bridgehead atoms. The smallest absolute Gasteiger partial charge is 0.210 e. The van der Waals surface area contributed by atoms with Crippen LogP contribution >= 0.6 is 11.6 Å². The molecular formula is C20H15ClN6. The molecule has 0 saturated heterocycles. The fourth-order valence-electron chi connectivity index (χ4n) is 2.96. The van der Waals surface area contributed by atoms with Crippen LogP contribution in [0.15, 0.2) is 48.7 Å². The van der Waals surface area contributed by atoms with E-state index in [0.717, 1.165) is 11.3 Å². The summed E-state index contributed by atoms with van der Waals surface area (Å²) in [5, 5.41) is 0. The first-order chi connectivity index (χ1) is 13.1. The van der Waals surface area contributed by atoms with E-state index in [1.807, 2.05) is 47.9 Å². The van der Waals surface area contributed by atoms with Crippen molar-refractivity contribution in [1.82, 2.24) is 19.5 Å². The topological polar surface area (TPSA) is 74.0 Å². The molecule has 4 aromatic rings. The number of anilines is 1. The molecule has 0 aliphatic rings. The van der Waals surface area contributed by atoms with Gasteiger partial charge < -0.3 is 5.73 Å². The molecule has 27 heavy (non-hydrogen) atoms. The Bertz CT molecular complexity index is 1190. The molecule has 0 aliphatic heterocycles. The van der Waals surface area contributed by atoms with Gasteiger partial charge in [-0.2, -0.15) is 0 Å². The third-order valence-corrected chi connectivity index (χ3v) is 4.65. The number of hydrogen-bond acceptors (Lipinski definition) is 4. The average Bonchev–Trinajstić information content (AvgIpc) is 3.05. The molecule has 0 fully saturated rings. The number of pyridine rings is 2. The van der Waals surface area contributed by atoms with Crippen LogP contribution < -0.4 is 5.73 Å². The molecule has 3 aromatic heterocycles. The maximum absolute atomic E-state index is 7.34. The van der Waals surface area contributed by atoms with Gasteiger partial charge in [-0.1, -0.05) is 12.1 Å². The summed E-state index contributed by atoms with van der Waals surface area (Å²) >= 11 is 5.92. The van der Waals surface area contributed by atoms with Gasteiger partial charge >= 0.3 is 0 Å². The summed E-state index contributed by atoms with van der Waals surface area (Å²) in [7, 11) is 0. The molecule has 3 heterocycles. The van der Waals surface area contributed by atoms with Crippen molar-refractivity contribution in [2.75, 3.05) is 5.73 Å². The van der Waals surface area contributed by atoms with E-state index >= 15 is 0 Å². The van der Waals surface area contributed by atoms with Crippen LogP contribution in [-0.4, -0.2) is 19.5 Å². The van der Waals surface area contributed by atoms with E-state index in [0.29, 0.717) is 45.6 Å². The van der Waals surface area contributed by atoms with E-state index in [9.17, 15) is 0 Å². The molecule has 4 rings (SSSR count). The number of nitrogens with zero attached hydrogens (tertiary/aromatic N) is 5. The number of alkyl halides is 1. The first-order valence-corrected chi connectivity index (χ1v) is 8.79. The largest absolute Gasteiger partial charge is 0.383 e. The monoisotopic (exact) mass is 374 g/mol. The normalized spacial score (nSPS) is 10.9. The SMILES string of the molecule is [C-]#[N+]c1cc2nc(-c3cccnc3N)n(-c3ccc(CCl)cc3)c2nc1C. The standard InChI is InChI=1S/C20H15ClN6/c1-12-16(23-2)10-17-20(25-12)27(14-7-5-13(11-21)6-8-14)19(26-17)15-4-3-9-24-18(15)22/h3-10H,11H2,1H3,(H2,22,24). The highest BCUT2D eigenvalue weighted by molar-refractivity contribution is 6.17. The summed E-state index contributed by atoms with van der Waals surface area (Å²) in [5.74, 6) is 1.45. The number of benzene rings is 1. The molecule has 0 saturated carbocycles. The number of rotatable bonds is 3. The maximum Gasteiger partial charge on any atom is 0.210 e. The molecule has 7 heteroatoms. The summed E-state index contributed by atoms with van der Waals surface area (Å²) < 4.78 is 1.93. The minimum Gasteiger partial charge on any atom is -0.383 e. The number of imidazole rings is 1. The Hall–Kier alpha value is -3.43. The van der Waals surface area contributed by atoms with Gasteiger partial charge in [-0.3, -0.25) is 4.57 Å². The molecule has 6 nitrogen and oxygen atoms in total. The van der Waals surface area contributed by atoms with Gasteiger partial charge in [-0.25, -0.2) is 19.8 Å². The van der Waals surface area contributed by atoms with Crippen LogP contribution in [-0.2, 0) is 5.88 Å². The summed E-state index contributed by atoms with van der Waals surface area (Å²) in [5.41, 5.74) is 11.1. The third kappa shape index (κ3) is 2.88.